The number of hydrogen-bond donors (Lipinski definition) is 1. The van der Waals surface area contributed by atoms with Crippen LogP contribution >= 0.6 is 0 Å². The van der Waals surface area contributed by atoms with E-state index in [1.165, 1.54) is 0 Å². The van der Waals surface area contributed by atoms with Gasteiger partial charge in [-0.05, 0) is 36.5 Å². The average Bonchev–Trinajstić information content (AvgIpc) is 3.23. The maximum Gasteiger partial charge on any atom is 0.161 e. The second-order valence-electron chi connectivity index (χ2n) is 4.60. The number of rotatable bonds is 6. The fraction of sp³-hybridized carbons (Fsp3) is 0.571. The number of hydrogen-bond acceptors (Lipinski definition) is 4. The fourth-order valence-electron chi connectivity index (χ4n) is 2.23. The molecule has 0 saturated heterocycles. The zero-order valence-electron chi connectivity index (χ0n) is 11.1. The van der Waals surface area contributed by atoms with Gasteiger partial charge >= 0.3 is 0 Å². The van der Waals surface area contributed by atoms with Crippen molar-refractivity contribution in [3.63, 3.8) is 0 Å². The van der Waals surface area contributed by atoms with Gasteiger partial charge in [0.05, 0.1) is 20.3 Å². The lowest BCUT2D eigenvalue weighted by Gasteiger charge is -2.22. The molecule has 100 valence electrons. The first-order valence-corrected chi connectivity index (χ1v) is 6.14. The monoisotopic (exact) mass is 252 g/mol. The Morgan fingerprint density at radius 1 is 1.11 bits per heavy atom. The van der Waals surface area contributed by atoms with Gasteiger partial charge in [-0.1, -0.05) is 6.07 Å². The summed E-state index contributed by atoms with van der Waals surface area (Å²) < 4.78 is 15.8. The summed E-state index contributed by atoms with van der Waals surface area (Å²) in [6.07, 6.45) is 1.50. The van der Waals surface area contributed by atoms with E-state index in [-0.39, 0.29) is 6.10 Å². The molecule has 0 bridgehead atoms. The minimum absolute atomic E-state index is 0.136. The Kier molecular flexibility index (Phi) is 4.09. The molecule has 1 aliphatic carbocycles. The van der Waals surface area contributed by atoms with Crippen molar-refractivity contribution in [1.82, 2.24) is 0 Å². The molecule has 4 nitrogen and oxygen atoms in total. The van der Waals surface area contributed by atoms with E-state index >= 15 is 0 Å². The molecular weight excluding hydrogens is 232 g/mol. The van der Waals surface area contributed by atoms with Gasteiger partial charge in [0.1, 0.15) is 6.10 Å². The van der Waals surface area contributed by atoms with Crippen molar-refractivity contribution >= 4 is 0 Å². The van der Waals surface area contributed by atoms with Gasteiger partial charge in [0.25, 0.3) is 0 Å². The summed E-state index contributed by atoms with van der Waals surface area (Å²) in [5.74, 6) is 1.76. The summed E-state index contributed by atoms with van der Waals surface area (Å²) in [5.41, 5.74) is 0.798. The number of methoxy groups -OCH3 is 3. The van der Waals surface area contributed by atoms with Gasteiger partial charge in [-0.25, -0.2) is 0 Å². The summed E-state index contributed by atoms with van der Waals surface area (Å²) in [7, 11) is 4.83. The molecule has 0 amide bonds. The lowest BCUT2D eigenvalue weighted by molar-refractivity contribution is -0.0260. The first-order valence-electron chi connectivity index (χ1n) is 6.14. The molecule has 18 heavy (non-hydrogen) atoms. The minimum Gasteiger partial charge on any atom is -0.493 e. The molecule has 1 saturated carbocycles. The smallest absolute Gasteiger partial charge is 0.161 e. The number of aliphatic hydroxyl groups excluding tert-OH is 1. The predicted molar refractivity (Wildman–Crippen MR) is 68.0 cm³/mol. The van der Waals surface area contributed by atoms with Crippen LogP contribution in [0.15, 0.2) is 18.2 Å². The van der Waals surface area contributed by atoms with E-state index in [1.54, 1.807) is 33.5 Å². The summed E-state index contributed by atoms with van der Waals surface area (Å²) >= 11 is 0. The molecule has 0 spiro atoms. The Morgan fingerprint density at radius 2 is 1.78 bits per heavy atom. The SMILES string of the molecule is COc1ccc(C(O)C(OC)C2CC2)cc1OC. The fourth-order valence-corrected chi connectivity index (χ4v) is 2.23. The topological polar surface area (TPSA) is 47.9 Å². The summed E-state index contributed by atoms with van der Waals surface area (Å²) in [6.45, 7) is 0. The van der Waals surface area contributed by atoms with Crippen molar-refractivity contribution in [2.45, 2.75) is 25.0 Å². The van der Waals surface area contributed by atoms with Crippen LogP contribution in [-0.4, -0.2) is 32.5 Å². The van der Waals surface area contributed by atoms with E-state index in [9.17, 15) is 5.11 Å². The molecule has 0 aliphatic heterocycles. The van der Waals surface area contributed by atoms with Crippen LogP contribution in [0.25, 0.3) is 0 Å². The van der Waals surface area contributed by atoms with Gasteiger partial charge in [0, 0.05) is 7.11 Å². The molecule has 1 aliphatic rings. The van der Waals surface area contributed by atoms with Crippen LogP contribution in [0.5, 0.6) is 11.5 Å². The molecule has 1 fully saturated rings. The van der Waals surface area contributed by atoms with Crippen LogP contribution in [0.4, 0.5) is 0 Å². The first kappa shape index (κ1) is 13.2. The van der Waals surface area contributed by atoms with Gasteiger partial charge < -0.3 is 19.3 Å². The maximum absolute atomic E-state index is 10.4. The average molecular weight is 252 g/mol. The van der Waals surface area contributed by atoms with Gasteiger partial charge in [-0.15, -0.1) is 0 Å². The van der Waals surface area contributed by atoms with Crippen LogP contribution in [0.1, 0.15) is 24.5 Å². The zero-order chi connectivity index (χ0) is 13.1. The maximum atomic E-state index is 10.4. The van der Waals surface area contributed by atoms with Gasteiger partial charge in [0.2, 0.25) is 0 Å². The van der Waals surface area contributed by atoms with Gasteiger partial charge in [-0.2, -0.15) is 0 Å². The lowest BCUT2D eigenvalue weighted by atomic mass is 10.0. The Morgan fingerprint density at radius 3 is 2.28 bits per heavy atom. The standard InChI is InChI=1S/C14H20O4/c1-16-11-7-6-10(8-12(11)17-2)13(15)14(18-3)9-4-5-9/h6-9,13-15H,4-5H2,1-3H3. The predicted octanol–water partition coefficient (Wildman–Crippen LogP) is 2.16. The Hall–Kier alpha value is -1.26. The highest BCUT2D eigenvalue weighted by atomic mass is 16.5. The van der Waals surface area contributed by atoms with Crippen molar-refractivity contribution in [3.8, 4) is 11.5 Å². The third-order valence-corrected chi connectivity index (χ3v) is 3.42. The van der Waals surface area contributed by atoms with E-state index in [2.05, 4.69) is 0 Å². The van der Waals surface area contributed by atoms with Crippen LogP contribution in [-0.2, 0) is 4.74 Å². The van der Waals surface area contributed by atoms with E-state index in [1.807, 2.05) is 6.07 Å². The van der Waals surface area contributed by atoms with E-state index in [0.29, 0.717) is 17.4 Å². The minimum atomic E-state index is -0.623. The molecule has 1 N–H and O–H groups in total. The Bertz CT molecular complexity index is 401. The molecule has 1 aromatic rings. The third-order valence-electron chi connectivity index (χ3n) is 3.42. The quantitative estimate of drug-likeness (QED) is 0.843. The van der Waals surface area contributed by atoms with Gasteiger partial charge in [0.15, 0.2) is 11.5 Å². The third kappa shape index (κ3) is 2.60. The molecule has 0 aromatic heterocycles. The molecule has 4 heteroatoms. The van der Waals surface area contributed by atoms with E-state index in [4.69, 9.17) is 14.2 Å². The highest BCUT2D eigenvalue weighted by Gasteiger charge is 2.36. The second-order valence-corrected chi connectivity index (χ2v) is 4.60. The normalized spacial score (nSPS) is 18.2. The molecule has 1 aromatic carbocycles. The molecule has 2 rings (SSSR count). The zero-order valence-corrected chi connectivity index (χ0v) is 11.1. The highest BCUT2D eigenvalue weighted by Crippen LogP contribution is 2.41. The summed E-state index contributed by atoms with van der Waals surface area (Å²) in [5, 5.41) is 10.4. The molecule has 0 heterocycles. The van der Waals surface area contributed by atoms with Gasteiger partial charge in [-0.3, -0.25) is 0 Å². The number of aliphatic hydroxyl groups is 1. The number of benzene rings is 1. The largest absolute Gasteiger partial charge is 0.493 e. The van der Waals surface area contributed by atoms with Crippen molar-refractivity contribution in [2.75, 3.05) is 21.3 Å². The molecule has 0 radical (unpaired) electrons. The number of ether oxygens (including phenoxy) is 3. The first-order chi connectivity index (χ1) is 8.71. The van der Waals surface area contributed by atoms with Crippen molar-refractivity contribution in [1.29, 1.82) is 0 Å². The molecular formula is C14H20O4. The molecule has 2 unspecified atom stereocenters. The van der Waals surface area contributed by atoms with E-state index in [0.717, 1.165) is 18.4 Å². The molecule has 2 atom stereocenters. The van der Waals surface area contributed by atoms with E-state index < -0.39 is 6.10 Å². The van der Waals surface area contributed by atoms with Crippen LogP contribution in [0.2, 0.25) is 0 Å². The van der Waals surface area contributed by atoms with Crippen molar-refractivity contribution in [2.24, 2.45) is 5.92 Å². The lowest BCUT2D eigenvalue weighted by Crippen LogP contribution is -2.23. The summed E-state index contributed by atoms with van der Waals surface area (Å²) in [6, 6.07) is 5.45. The van der Waals surface area contributed by atoms with Crippen LogP contribution in [0, 0.1) is 5.92 Å². The second kappa shape index (κ2) is 5.59. The van der Waals surface area contributed by atoms with Crippen molar-refractivity contribution < 1.29 is 19.3 Å². The summed E-state index contributed by atoms with van der Waals surface area (Å²) in [4.78, 5) is 0. The Labute approximate surface area is 107 Å². The van der Waals surface area contributed by atoms with Crippen molar-refractivity contribution in [3.05, 3.63) is 23.8 Å². The highest BCUT2D eigenvalue weighted by molar-refractivity contribution is 5.43. The van der Waals surface area contributed by atoms with Crippen LogP contribution < -0.4 is 9.47 Å². The van der Waals surface area contributed by atoms with Crippen LogP contribution in [0.3, 0.4) is 0 Å². The Balaban J connectivity index is 2.21.